The first kappa shape index (κ1) is 12.9. The summed E-state index contributed by atoms with van der Waals surface area (Å²) in [6, 6.07) is 8.47. The molecule has 0 aliphatic carbocycles. The Labute approximate surface area is 119 Å². The Kier molecular flexibility index (Phi) is 3.21. The molecular weight excluding hydrogens is 254 g/mol. The van der Waals surface area contributed by atoms with Crippen molar-refractivity contribution in [3.8, 4) is 0 Å². The number of thioether (sulfide) groups is 1. The van der Waals surface area contributed by atoms with Gasteiger partial charge in [0.15, 0.2) is 5.96 Å². The van der Waals surface area contributed by atoms with Crippen molar-refractivity contribution >= 4 is 23.4 Å². The van der Waals surface area contributed by atoms with Gasteiger partial charge in [0.05, 0.1) is 12.1 Å². The lowest BCUT2D eigenvalue weighted by Gasteiger charge is -2.46. The van der Waals surface area contributed by atoms with Gasteiger partial charge in [-0.2, -0.15) is 11.8 Å². The van der Waals surface area contributed by atoms with Gasteiger partial charge in [-0.1, -0.05) is 25.1 Å². The third-order valence-corrected chi connectivity index (χ3v) is 5.89. The summed E-state index contributed by atoms with van der Waals surface area (Å²) in [7, 11) is 0. The minimum Gasteiger partial charge on any atom is -0.369 e. The summed E-state index contributed by atoms with van der Waals surface area (Å²) in [5.41, 5.74) is 8.78. The van der Waals surface area contributed by atoms with Crippen LogP contribution in [0.25, 0.3) is 0 Å². The van der Waals surface area contributed by atoms with Gasteiger partial charge in [0.25, 0.3) is 0 Å². The third-order valence-electron chi connectivity index (χ3n) is 4.42. The van der Waals surface area contributed by atoms with Crippen LogP contribution in [0.4, 0.5) is 5.69 Å². The normalized spacial score (nSPS) is 30.7. The van der Waals surface area contributed by atoms with Crippen LogP contribution in [0.2, 0.25) is 0 Å². The van der Waals surface area contributed by atoms with E-state index in [-0.39, 0.29) is 5.54 Å². The number of nitrogens with zero attached hydrogens (tertiary/aromatic N) is 2. The fraction of sp³-hybridized carbons (Fsp3) is 0.533. The van der Waals surface area contributed by atoms with Crippen molar-refractivity contribution in [2.24, 2.45) is 10.7 Å². The van der Waals surface area contributed by atoms with Crippen molar-refractivity contribution < 1.29 is 0 Å². The number of aliphatic imine (C=N–C) groups is 1. The Balaban J connectivity index is 2.06. The van der Waals surface area contributed by atoms with E-state index in [1.807, 2.05) is 11.8 Å². The Morgan fingerprint density at radius 3 is 2.95 bits per heavy atom. The molecule has 3 rings (SSSR count). The van der Waals surface area contributed by atoms with Gasteiger partial charge < -0.3 is 10.6 Å². The molecule has 1 fully saturated rings. The number of guanidine groups is 1. The van der Waals surface area contributed by atoms with Crippen molar-refractivity contribution in [1.29, 1.82) is 0 Å². The van der Waals surface area contributed by atoms with E-state index >= 15 is 0 Å². The first-order valence-corrected chi connectivity index (χ1v) is 7.97. The number of para-hydroxylation sites is 1. The molecule has 3 nitrogen and oxygen atoms in total. The summed E-state index contributed by atoms with van der Waals surface area (Å²) in [6.07, 6.45) is 2.43. The molecule has 1 aromatic carbocycles. The van der Waals surface area contributed by atoms with Crippen molar-refractivity contribution in [2.45, 2.75) is 37.5 Å². The molecular formula is C15H21N3S. The van der Waals surface area contributed by atoms with Crippen molar-refractivity contribution in [3.63, 3.8) is 0 Å². The van der Waals surface area contributed by atoms with E-state index in [0.717, 1.165) is 6.54 Å². The summed E-state index contributed by atoms with van der Waals surface area (Å²) >= 11 is 2.05. The molecule has 2 N–H and O–H groups in total. The highest BCUT2D eigenvalue weighted by atomic mass is 32.2. The maximum absolute atomic E-state index is 6.21. The molecule has 102 valence electrons. The van der Waals surface area contributed by atoms with Crippen LogP contribution < -0.4 is 10.6 Å². The van der Waals surface area contributed by atoms with Crippen molar-refractivity contribution in [3.05, 3.63) is 29.8 Å². The van der Waals surface area contributed by atoms with Crippen molar-refractivity contribution in [1.82, 2.24) is 0 Å². The summed E-state index contributed by atoms with van der Waals surface area (Å²) in [6.45, 7) is 5.31. The monoisotopic (exact) mass is 275 g/mol. The van der Waals surface area contributed by atoms with Gasteiger partial charge >= 0.3 is 0 Å². The first-order valence-electron chi connectivity index (χ1n) is 6.92. The number of rotatable bonds is 1. The Morgan fingerprint density at radius 1 is 1.42 bits per heavy atom. The molecule has 4 heteroatoms. The fourth-order valence-electron chi connectivity index (χ4n) is 3.26. The second kappa shape index (κ2) is 4.75. The number of hydrogen-bond donors (Lipinski definition) is 1. The van der Waals surface area contributed by atoms with Crippen LogP contribution in [-0.2, 0) is 0 Å². The average Bonchev–Trinajstić information content (AvgIpc) is 2.73. The average molecular weight is 275 g/mol. The molecule has 1 spiro atoms. The molecule has 0 saturated carbocycles. The van der Waals surface area contributed by atoms with Crippen LogP contribution in [-0.4, -0.2) is 29.0 Å². The van der Waals surface area contributed by atoms with Gasteiger partial charge in [-0.25, -0.2) is 0 Å². The summed E-state index contributed by atoms with van der Waals surface area (Å²) < 4.78 is 0. The van der Waals surface area contributed by atoms with Gasteiger partial charge in [-0.05, 0) is 37.1 Å². The predicted octanol–water partition coefficient (Wildman–Crippen LogP) is 2.78. The highest BCUT2D eigenvalue weighted by Crippen LogP contribution is 2.43. The number of benzene rings is 1. The second-order valence-corrected chi connectivity index (χ2v) is 6.97. The lowest BCUT2D eigenvalue weighted by molar-refractivity contribution is 0.404. The van der Waals surface area contributed by atoms with E-state index in [4.69, 9.17) is 5.73 Å². The number of aryl methyl sites for hydroxylation is 1. The zero-order valence-corrected chi connectivity index (χ0v) is 12.4. The van der Waals surface area contributed by atoms with Crippen LogP contribution in [0.5, 0.6) is 0 Å². The Morgan fingerprint density at radius 2 is 2.21 bits per heavy atom. The molecule has 2 atom stereocenters. The molecule has 1 aromatic rings. The molecule has 19 heavy (non-hydrogen) atoms. The molecule has 2 heterocycles. The van der Waals surface area contributed by atoms with E-state index in [9.17, 15) is 0 Å². The smallest absolute Gasteiger partial charge is 0.196 e. The van der Waals surface area contributed by atoms with Crippen LogP contribution in [0.3, 0.4) is 0 Å². The highest BCUT2D eigenvalue weighted by molar-refractivity contribution is 8.00. The van der Waals surface area contributed by atoms with Crippen LogP contribution in [0.1, 0.15) is 25.3 Å². The third kappa shape index (κ3) is 1.93. The lowest BCUT2D eigenvalue weighted by atomic mass is 9.87. The topological polar surface area (TPSA) is 41.6 Å². The van der Waals surface area contributed by atoms with Gasteiger partial charge in [0.2, 0.25) is 0 Å². The standard InChI is InChI=1S/C15H21N3S/c1-11-6-3-4-7-13(11)18-14(16)17-10-15(18)8-5-9-19-12(15)2/h3-4,6-7,12H,5,8-10H2,1-2H3,(H2,16,17). The summed E-state index contributed by atoms with van der Waals surface area (Å²) in [4.78, 5) is 6.87. The van der Waals surface area contributed by atoms with Crippen LogP contribution in [0.15, 0.2) is 29.3 Å². The van der Waals surface area contributed by atoms with E-state index in [2.05, 4.69) is 48.0 Å². The molecule has 0 amide bonds. The van der Waals surface area contributed by atoms with Crippen LogP contribution in [0, 0.1) is 6.92 Å². The maximum atomic E-state index is 6.21. The summed E-state index contributed by atoms with van der Waals surface area (Å²) in [5.74, 6) is 1.94. The quantitative estimate of drug-likeness (QED) is 0.857. The van der Waals surface area contributed by atoms with Crippen LogP contribution >= 0.6 is 11.8 Å². The zero-order valence-electron chi connectivity index (χ0n) is 11.6. The molecule has 2 unspecified atom stereocenters. The fourth-order valence-corrected chi connectivity index (χ4v) is 4.54. The highest BCUT2D eigenvalue weighted by Gasteiger charge is 2.48. The molecule has 1 saturated heterocycles. The molecule has 0 radical (unpaired) electrons. The van der Waals surface area contributed by atoms with E-state index in [1.54, 1.807) is 0 Å². The number of nitrogens with two attached hydrogens (primary N) is 1. The minimum atomic E-state index is 0.0825. The molecule has 2 aliphatic heterocycles. The molecule has 2 aliphatic rings. The molecule has 0 bridgehead atoms. The SMILES string of the molecule is Cc1ccccc1N1C(N)=NCC12CCCSC2C. The van der Waals surface area contributed by atoms with E-state index < -0.39 is 0 Å². The predicted molar refractivity (Wildman–Crippen MR) is 84.0 cm³/mol. The number of hydrogen-bond acceptors (Lipinski definition) is 4. The van der Waals surface area contributed by atoms with Crippen molar-refractivity contribution in [2.75, 3.05) is 17.2 Å². The van der Waals surface area contributed by atoms with Gasteiger partial charge in [-0.3, -0.25) is 4.99 Å². The lowest BCUT2D eigenvalue weighted by Crippen LogP contribution is -2.59. The number of anilines is 1. The Bertz CT molecular complexity index is 514. The van der Waals surface area contributed by atoms with E-state index in [1.165, 1.54) is 29.8 Å². The second-order valence-electron chi connectivity index (χ2n) is 5.52. The first-order chi connectivity index (χ1) is 9.15. The maximum Gasteiger partial charge on any atom is 0.196 e. The van der Waals surface area contributed by atoms with Gasteiger partial charge in [-0.15, -0.1) is 0 Å². The Hall–Kier alpha value is -1.16. The zero-order chi connectivity index (χ0) is 13.5. The largest absolute Gasteiger partial charge is 0.369 e. The molecule has 0 aromatic heterocycles. The van der Waals surface area contributed by atoms with Gasteiger partial charge in [0.1, 0.15) is 0 Å². The van der Waals surface area contributed by atoms with Gasteiger partial charge in [0, 0.05) is 10.9 Å². The summed E-state index contributed by atoms with van der Waals surface area (Å²) in [5, 5.41) is 0.561. The minimum absolute atomic E-state index is 0.0825. The van der Waals surface area contributed by atoms with E-state index in [0.29, 0.717) is 11.2 Å².